The van der Waals surface area contributed by atoms with Crippen molar-refractivity contribution in [2.45, 2.75) is 58.7 Å². The Morgan fingerprint density at radius 3 is 2.74 bits per heavy atom. The summed E-state index contributed by atoms with van der Waals surface area (Å²) in [6, 6.07) is 0. The van der Waals surface area contributed by atoms with E-state index in [4.69, 9.17) is 9.47 Å². The third-order valence-electron chi connectivity index (χ3n) is 7.41. The minimum Gasteiger partial charge on any atom is -0.466 e. The van der Waals surface area contributed by atoms with Crippen LogP contribution >= 0.6 is 0 Å². The number of fused-ring (bicyclic) bond motifs is 1. The molecule has 0 bridgehead atoms. The van der Waals surface area contributed by atoms with Crippen LogP contribution in [0.3, 0.4) is 0 Å². The van der Waals surface area contributed by atoms with Crippen molar-refractivity contribution in [3.63, 3.8) is 0 Å². The first kappa shape index (κ1) is 20.1. The van der Waals surface area contributed by atoms with Gasteiger partial charge in [-0.05, 0) is 61.9 Å². The molecule has 27 heavy (non-hydrogen) atoms. The monoisotopic (exact) mass is 378 g/mol. The molecule has 6 nitrogen and oxygen atoms in total. The fraction of sp³-hybridized carbons (Fsp3) is 0.714. The SMILES string of the molecule is COC(=O)C1=CCCC2C1(CO)CCC(C)C2(C)CCC1=CC(O)OC1=O. The van der Waals surface area contributed by atoms with Crippen LogP contribution in [0.4, 0.5) is 0 Å². The van der Waals surface area contributed by atoms with E-state index in [1.54, 1.807) is 0 Å². The molecule has 5 atom stereocenters. The summed E-state index contributed by atoms with van der Waals surface area (Å²) >= 11 is 0. The van der Waals surface area contributed by atoms with E-state index in [0.29, 0.717) is 23.5 Å². The molecule has 6 heteroatoms. The number of methoxy groups -OCH3 is 1. The third kappa shape index (κ3) is 3.23. The average molecular weight is 378 g/mol. The van der Waals surface area contributed by atoms with Gasteiger partial charge in [-0.3, -0.25) is 0 Å². The molecule has 2 aliphatic carbocycles. The second-order valence-electron chi connectivity index (χ2n) is 8.49. The second kappa shape index (κ2) is 7.40. The Kier molecular flexibility index (Phi) is 5.50. The van der Waals surface area contributed by atoms with Gasteiger partial charge < -0.3 is 19.7 Å². The molecule has 2 N–H and O–H groups in total. The van der Waals surface area contributed by atoms with Gasteiger partial charge in [0.15, 0.2) is 0 Å². The standard InChI is InChI=1S/C21H30O6/c1-13-7-10-21(12-22)15(19(25)26-3)5-4-6-16(21)20(13,2)9-8-14-11-17(23)27-18(14)24/h5,11,13,16-17,22-23H,4,6-10,12H2,1-3H3. The molecule has 0 aromatic carbocycles. The van der Waals surface area contributed by atoms with Crippen LogP contribution in [0.1, 0.15) is 52.4 Å². The van der Waals surface area contributed by atoms with E-state index < -0.39 is 17.7 Å². The molecule has 0 radical (unpaired) electrons. The van der Waals surface area contributed by atoms with Crippen molar-refractivity contribution in [3.05, 3.63) is 23.3 Å². The van der Waals surface area contributed by atoms with Gasteiger partial charge in [0.05, 0.1) is 13.7 Å². The van der Waals surface area contributed by atoms with Crippen molar-refractivity contribution in [1.82, 2.24) is 0 Å². The van der Waals surface area contributed by atoms with Crippen LogP contribution in [-0.4, -0.2) is 42.2 Å². The zero-order valence-electron chi connectivity index (χ0n) is 16.4. The summed E-state index contributed by atoms with van der Waals surface area (Å²) in [5.41, 5.74) is 0.382. The maximum Gasteiger partial charge on any atom is 0.336 e. The van der Waals surface area contributed by atoms with E-state index in [9.17, 15) is 19.8 Å². The zero-order valence-corrected chi connectivity index (χ0v) is 16.4. The first-order valence-corrected chi connectivity index (χ1v) is 9.78. The summed E-state index contributed by atoms with van der Waals surface area (Å²) in [7, 11) is 1.38. The van der Waals surface area contributed by atoms with Gasteiger partial charge in [0.2, 0.25) is 6.29 Å². The highest BCUT2D eigenvalue weighted by Gasteiger charge is 2.57. The van der Waals surface area contributed by atoms with E-state index in [-0.39, 0.29) is 23.9 Å². The predicted molar refractivity (Wildman–Crippen MR) is 98.3 cm³/mol. The van der Waals surface area contributed by atoms with Crippen molar-refractivity contribution in [2.75, 3.05) is 13.7 Å². The van der Waals surface area contributed by atoms with E-state index in [1.807, 2.05) is 6.08 Å². The van der Waals surface area contributed by atoms with Crippen LogP contribution in [0, 0.1) is 22.7 Å². The van der Waals surface area contributed by atoms with Gasteiger partial charge >= 0.3 is 11.9 Å². The lowest BCUT2D eigenvalue weighted by atomic mass is 9.46. The maximum atomic E-state index is 12.4. The van der Waals surface area contributed by atoms with Crippen molar-refractivity contribution in [3.8, 4) is 0 Å². The van der Waals surface area contributed by atoms with Gasteiger partial charge in [-0.1, -0.05) is 19.9 Å². The van der Waals surface area contributed by atoms with Gasteiger partial charge in [-0.2, -0.15) is 0 Å². The van der Waals surface area contributed by atoms with Gasteiger partial charge in [0.1, 0.15) is 0 Å². The van der Waals surface area contributed by atoms with Crippen molar-refractivity contribution in [1.29, 1.82) is 0 Å². The Bertz CT molecular complexity index is 680. The lowest BCUT2D eigenvalue weighted by Crippen LogP contribution is -2.54. The highest BCUT2D eigenvalue weighted by atomic mass is 16.6. The molecule has 1 heterocycles. The summed E-state index contributed by atoms with van der Waals surface area (Å²) in [6.07, 6.45) is 6.85. The second-order valence-corrected chi connectivity index (χ2v) is 8.49. The average Bonchev–Trinajstić information content (AvgIpc) is 2.99. The molecular weight excluding hydrogens is 348 g/mol. The predicted octanol–water partition coefficient (Wildman–Crippen LogP) is 2.49. The Labute approximate surface area is 160 Å². The largest absolute Gasteiger partial charge is 0.466 e. The molecule has 3 aliphatic rings. The molecule has 1 fully saturated rings. The number of ether oxygens (including phenoxy) is 2. The summed E-state index contributed by atoms with van der Waals surface area (Å²) in [4.78, 5) is 24.3. The molecule has 3 rings (SSSR count). The fourth-order valence-corrected chi connectivity index (χ4v) is 5.62. The van der Waals surface area contributed by atoms with Crippen LogP contribution in [0.25, 0.3) is 0 Å². The number of esters is 2. The molecule has 0 amide bonds. The molecule has 1 aliphatic heterocycles. The first-order chi connectivity index (χ1) is 12.8. The zero-order chi connectivity index (χ0) is 19.8. The van der Waals surface area contributed by atoms with Crippen LogP contribution in [0.2, 0.25) is 0 Å². The molecule has 150 valence electrons. The van der Waals surface area contributed by atoms with Crippen molar-refractivity contribution in [2.24, 2.45) is 22.7 Å². The number of carbonyl (C=O) groups is 2. The van der Waals surface area contributed by atoms with Gasteiger partial charge in [-0.15, -0.1) is 0 Å². The van der Waals surface area contributed by atoms with E-state index in [0.717, 1.165) is 32.1 Å². The number of carbonyl (C=O) groups excluding carboxylic acids is 2. The minimum absolute atomic E-state index is 0.0790. The highest BCUT2D eigenvalue weighted by Crippen LogP contribution is 2.62. The summed E-state index contributed by atoms with van der Waals surface area (Å²) in [6.45, 7) is 4.35. The number of rotatable bonds is 5. The van der Waals surface area contributed by atoms with E-state index in [1.165, 1.54) is 13.2 Å². The van der Waals surface area contributed by atoms with Crippen molar-refractivity contribution < 1.29 is 29.3 Å². The highest BCUT2D eigenvalue weighted by molar-refractivity contribution is 5.91. The number of cyclic esters (lactones) is 1. The molecule has 1 saturated carbocycles. The third-order valence-corrected chi connectivity index (χ3v) is 7.41. The van der Waals surface area contributed by atoms with Crippen LogP contribution < -0.4 is 0 Å². The van der Waals surface area contributed by atoms with Crippen molar-refractivity contribution >= 4 is 11.9 Å². The minimum atomic E-state index is -1.15. The number of hydrogen-bond acceptors (Lipinski definition) is 6. The Hall–Kier alpha value is -1.66. The molecule has 0 saturated heterocycles. The quantitative estimate of drug-likeness (QED) is 0.714. The Morgan fingerprint density at radius 2 is 2.15 bits per heavy atom. The molecule has 5 unspecified atom stereocenters. The summed E-state index contributed by atoms with van der Waals surface area (Å²) < 4.78 is 9.81. The number of aliphatic hydroxyl groups excluding tert-OH is 2. The van der Waals surface area contributed by atoms with Crippen LogP contribution in [0.5, 0.6) is 0 Å². The van der Waals surface area contributed by atoms with E-state index >= 15 is 0 Å². The smallest absolute Gasteiger partial charge is 0.336 e. The number of aliphatic hydroxyl groups is 2. The molecular formula is C21H30O6. The Morgan fingerprint density at radius 1 is 1.41 bits per heavy atom. The summed E-state index contributed by atoms with van der Waals surface area (Å²) in [5.74, 6) is -0.291. The normalized spacial score (nSPS) is 38.6. The molecule has 0 spiro atoms. The fourth-order valence-electron chi connectivity index (χ4n) is 5.62. The van der Waals surface area contributed by atoms with E-state index in [2.05, 4.69) is 13.8 Å². The number of hydrogen-bond donors (Lipinski definition) is 2. The summed E-state index contributed by atoms with van der Waals surface area (Å²) in [5, 5.41) is 19.9. The lowest BCUT2D eigenvalue weighted by Gasteiger charge is -2.58. The topological polar surface area (TPSA) is 93.1 Å². The lowest BCUT2D eigenvalue weighted by molar-refractivity contribution is -0.151. The van der Waals surface area contributed by atoms with Gasteiger partial charge in [0, 0.05) is 16.6 Å². The maximum absolute atomic E-state index is 12.4. The first-order valence-electron chi connectivity index (χ1n) is 9.78. The molecule has 0 aromatic heterocycles. The molecule has 0 aromatic rings. The van der Waals surface area contributed by atoms with Gasteiger partial charge in [0.25, 0.3) is 0 Å². The van der Waals surface area contributed by atoms with Crippen LogP contribution in [0.15, 0.2) is 23.3 Å². The van der Waals surface area contributed by atoms with Gasteiger partial charge in [-0.25, -0.2) is 9.59 Å². The Balaban J connectivity index is 1.90. The van der Waals surface area contributed by atoms with Crippen LogP contribution in [-0.2, 0) is 19.1 Å². The number of allylic oxidation sites excluding steroid dienone is 1.